The smallest absolute Gasteiger partial charge is 0.240 e. The van der Waals surface area contributed by atoms with Crippen molar-refractivity contribution >= 4 is 49.3 Å². The van der Waals surface area contributed by atoms with Crippen LogP contribution in [0, 0.1) is 6.92 Å². The van der Waals surface area contributed by atoms with Gasteiger partial charge in [0.1, 0.15) is 6.54 Å². The Morgan fingerprint density at radius 2 is 1.74 bits per heavy atom. The van der Waals surface area contributed by atoms with E-state index in [4.69, 9.17) is 0 Å². The fraction of sp³-hybridized carbons (Fsp3) is 0.316. The van der Waals surface area contributed by atoms with Crippen molar-refractivity contribution in [1.82, 2.24) is 5.32 Å². The molecule has 0 bridgehead atoms. The number of carbonyl (C=O) groups is 1. The largest absolute Gasteiger partial charge is 0.354 e. The summed E-state index contributed by atoms with van der Waals surface area (Å²) in [5, 5.41) is 2.79. The number of hydrogen-bond donors (Lipinski definition) is 1. The zero-order chi connectivity index (χ0) is 19.9. The zero-order valence-corrected chi connectivity index (χ0v) is 18.5. The molecule has 0 saturated carbocycles. The molecular weight excluding hydrogens is 448 g/mol. The molecule has 8 heteroatoms. The number of thioether (sulfide) groups is 1. The molecular formula is C19H23BrN2O3S2. The van der Waals surface area contributed by atoms with E-state index in [2.05, 4.69) is 52.4 Å². The van der Waals surface area contributed by atoms with Gasteiger partial charge in [-0.3, -0.25) is 9.10 Å². The summed E-state index contributed by atoms with van der Waals surface area (Å²) in [4.78, 5) is 12.2. The van der Waals surface area contributed by atoms with Gasteiger partial charge in [0.2, 0.25) is 15.9 Å². The molecule has 5 nitrogen and oxygen atoms in total. The average molecular weight is 471 g/mol. The van der Waals surface area contributed by atoms with Gasteiger partial charge in [-0.1, -0.05) is 45.8 Å². The van der Waals surface area contributed by atoms with Crippen molar-refractivity contribution in [2.45, 2.75) is 12.7 Å². The number of amides is 1. The fourth-order valence-corrected chi connectivity index (χ4v) is 4.27. The van der Waals surface area contributed by atoms with E-state index < -0.39 is 10.0 Å². The molecule has 0 unspecified atom stereocenters. The summed E-state index contributed by atoms with van der Waals surface area (Å²) < 4.78 is 26.0. The molecule has 0 radical (unpaired) electrons. The van der Waals surface area contributed by atoms with E-state index in [0.29, 0.717) is 12.2 Å². The van der Waals surface area contributed by atoms with E-state index in [1.165, 1.54) is 11.1 Å². The molecule has 146 valence electrons. The number of benzene rings is 2. The second-order valence-corrected chi connectivity index (χ2v) is 10.1. The Bertz CT molecular complexity index is 854. The summed E-state index contributed by atoms with van der Waals surface area (Å²) in [6, 6.07) is 15.2. The van der Waals surface area contributed by atoms with Crippen LogP contribution in [0.4, 0.5) is 5.69 Å². The first kappa shape index (κ1) is 21.8. The van der Waals surface area contributed by atoms with Gasteiger partial charge in [0, 0.05) is 22.5 Å². The van der Waals surface area contributed by atoms with Crippen LogP contribution in [0.25, 0.3) is 0 Å². The number of anilines is 1. The predicted octanol–water partition coefficient (Wildman–Crippen LogP) is 3.57. The van der Waals surface area contributed by atoms with Gasteiger partial charge < -0.3 is 5.32 Å². The van der Waals surface area contributed by atoms with Crippen molar-refractivity contribution < 1.29 is 13.2 Å². The molecule has 1 amide bonds. The van der Waals surface area contributed by atoms with Gasteiger partial charge >= 0.3 is 0 Å². The number of sulfonamides is 1. The van der Waals surface area contributed by atoms with Crippen LogP contribution in [0.15, 0.2) is 53.0 Å². The first-order valence-electron chi connectivity index (χ1n) is 8.39. The molecule has 0 aliphatic heterocycles. The molecule has 0 heterocycles. The maximum Gasteiger partial charge on any atom is 0.240 e. The summed E-state index contributed by atoms with van der Waals surface area (Å²) in [7, 11) is -3.55. The first-order chi connectivity index (χ1) is 12.8. The Morgan fingerprint density at radius 3 is 2.33 bits per heavy atom. The normalized spacial score (nSPS) is 11.2. The van der Waals surface area contributed by atoms with E-state index in [-0.39, 0.29) is 12.5 Å². The van der Waals surface area contributed by atoms with Crippen LogP contribution in [-0.4, -0.2) is 39.4 Å². The van der Waals surface area contributed by atoms with Crippen molar-refractivity contribution in [2.75, 3.05) is 29.4 Å². The number of hydrogen-bond acceptors (Lipinski definition) is 4. The first-order valence-corrected chi connectivity index (χ1v) is 12.2. The lowest BCUT2D eigenvalue weighted by Gasteiger charge is -2.22. The molecule has 2 aromatic rings. The van der Waals surface area contributed by atoms with Crippen LogP contribution in [0.5, 0.6) is 0 Å². The van der Waals surface area contributed by atoms with Gasteiger partial charge in [-0.15, -0.1) is 0 Å². The lowest BCUT2D eigenvalue weighted by atomic mass is 10.2. The molecule has 0 fully saturated rings. The highest BCUT2D eigenvalue weighted by molar-refractivity contribution is 9.10. The Hall–Kier alpha value is -1.51. The van der Waals surface area contributed by atoms with Crippen LogP contribution in [-0.2, 0) is 20.6 Å². The number of carbonyl (C=O) groups excluding carboxylic acids is 1. The van der Waals surface area contributed by atoms with Crippen LogP contribution in [0.2, 0.25) is 0 Å². The molecule has 2 aromatic carbocycles. The van der Waals surface area contributed by atoms with Gasteiger partial charge in [-0.05, 0) is 36.8 Å². The average Bonchev–Trinajstić information content (AvgIpc) is 2.61. The van der Waals surface area contributed by atoms with Crippen molar-refractivity contribution in [1.29, 1.82) is 0 Å². The molecule has 0 aliphatic carbocycles. The minimum absolute atomic E-state index is 0.233. The lowest BCUT2D eigenvalue weighted by Crippen LogP contribution is -2.41. The molecule has 27 heavy (non-hydrogen) atoms. The van der Waals surface area contributed by atoms with E-state index in [1.54, 1.807) is 36.0 Å². The summed E-state index contributed by atoms with van der Waals surface area (Å²) in [6.45, 7) is 2.32. The summed E-state index contributed by atoms with van der Waals surface area (Å²) >= 11 is 5.04. The standard InChI is InChI=1S/C19H23BrN2O3S2/c1-15-3-5-16(6-4-15)14-26-12-11-21-19(23)13-22(27(2,24)25)18-9-7-17(20)8-10-18/h3-10H,11-14H2,1-2H3,(H,21,23). The van der Waals surface area contributed by atoms with Crippen molar-refractivity contribution in [2.24, 2.45) is 0 Å². The number of aryl methyl sites for hydroxylation is 1. The van der Waals surface area contributed by atoms with Gasteiger partial charge in [0.05, 0.1) is 11.9 Å². The van der Waals surface area contributed by atoms with E-state index in [0.717, 1.165) is 26.5 Å². The molecule has 0 aromatic heterocycles. The second-order valence-electron chi connectivity index (χ2n) is 6.13. The highest BCUT2D eigenvalue weighted by atomic mass is 79.9. The van der Waals surface area contributed by atoms with Gasteiger partial charge in [0.15, 0.2) is 0 Å². The number of halogens is 1. The second kappa shape index (κ2) is 10.1. The summed E-state index contributed by atoms with van der Waals surface area (Å²) in [6.07, 6.45) is 1.10. The number of rotatable bonds is 9. The maximum atomic E-state index is 12.2. The number of nitrogens with zero attached hydrogens (tertiary/aromatic N) is 1. The van der Waals surface area contributed by atoms with Crippen LogP contribution >= 0.6 is 27.7 Å². The molecule has 0 atom stereocenters. The fourth-order valence-electron chi connectivity index (χ4n) is 2.33. The Balaban J connectivity index is 1.80. The maximum absolute atomic E-state index is 12.2. The third-order valence-corrected chi connectivity index (χ3v) is 6.46. The molecule has 0 aliphatic rings. The molecule has 1 N–H and O–H groups in total. The molecule has 0 spiro atoms. The minimum atomic E-state index is -3.55. The highest BCUT2D eigenvalue weighted by Gasteiger charge is 2.20. The van der Waals surface area contributed by atoms with Crippen molar-refractivity contribution in [3.05, 3.63) is 64.1 Å². The van der Waals surface area contributed by atoms with Gasteiger partial charge in [-0.2, -0.15) is 11.8 Å². The van der Waals surface area contributed by atoms with Crippen molar-refractivity contribution in [3.8, 4) is 0 Å². The Kier molecular flexibility index (Phi) is 8.19. The predicted molar refractivity (Wildman–Crippen MR) is 117 cm³/mol. The van der Waals surface area contributed by atoms with E-state index in [1.807, 2.05) is 0 Å². The zero-order valence-electron chi connectivity index (χ0n) is 15.3. The van der Waals surface area contributed by atoms with Gasteiger partial charge in [0.25, 0.3) is 0 Å². The van der Waals surface area contributed by atoms with E-state index >= 15 is 0 Å². The Morgan fingerprint density at radius 1 is 1.11 bits per heavy atom. The lowest BCUT2D eigenvalue weighted by molar-refractivity contribution is -0.119. The monoisotopic (exact) mass is 470 g/mol. The van der Waals surface area contributed by atoms with Gasteiger partial charge in [-0.25, -0.2) is 8.42 Å². The van der Waals surface area contributed by atoms with Crippen LogP contribution < -0.4 is 9.62 Å². The SMILES string of the molecule is Cc1ccc(CSCCNC(=O)CN(c2ccc(Br)cc2)S(C)(=O)=O)cc1. The number of nitrogens with one attached hydrogen (secondary N) is 1. The van der Waals surface area contributed by atoms with Crippen LogP contribution in [0.1, 0.15) is 11.1 Å². The summed E-state index contributed by atoms with van der Waals surface area (Å²) in [5.74, 6) is 1.32. The topological polar surface area (TPSA) is 66.5 Å². The summed E-state index contributed by atoms with van der Waals surface area (Å²) in [5.41, 5.74) is 2.94. The quantitative estimate of drug-likeness (QED) is 0.568. The van der Waals surface area contributed by atoms with E-state index in [9.17, 15) is 13.2 Å². The minimum Gasteiger partial charge on any atom is -0.354 e. The third-order valence-electron chi connectivity index (χ3n) is 3.76. The molecule has 2 rings (SSSR count). The van der Waals surface area contributed by atoms with Crippen molar-refractivity contribution in [3.63, 3.8) is 0 Å². The molecule has 0 saturated heterocycles. The van der Waals surface area contributed by atoms with Crippen LogP contribution in [0.3, 0.4) is 0 Å². The highest BCUT2D eigenvalue weighted by Crippen LogP contribution is 2.20. The Labute approximate surface area is 173 Å². The third kappa shape index (κ3) is 7.56.